The van der Waals surface area contributed by atoms with Crippen LogP contribution < -0.4 is 5.32 Å². The Morgan fingerprint density at radius 1 is 1.04 bits per heavy atom. The van der Waals surface area contributed by atoms with Gasteiger partial charge < -0.3 is 5.32 Å². The van der Waals surface area contributed by atoms with E-state index in [2.05, 4.69) is 10.3 Å². The van der Waals surface area contributed by atoms with Gasteiger partial charge in [0.2, 0.25) is 0 Å². The Hall–Kier alpha value is -2.21. The third-order valence-electron chi connectivity index (χ3n) is 4.08. The van der Waals surface area contributed by atoms with Gasteiger partial charge in [0.25, 0.3) is 5.91 Å². The molecule has 3 rings (SSSR count). The molecule has 1 aliphatic carbocycles. The van der Waals surface area contributed by atoms with Gasteiger partial charge in [-0.2, -0.15) is 0 Å². The molecular formula is C17H18N2O3S. The Morgan fingerprint density at radius 3 is 2.35 bits per heavy atom. The molecule has 1 fully saturated rings. The van der Waals surface area contributed by atoms with Gasteiger partial charge in [-0.05, 0) is 49.2 Å². The third-order valence-corrected chi connectivity index (χ3v) is 6.36. The van der Waals surface area contributed by atoms with Crippen LogP contribution in [-0.4, -0.2) is 24.6 Å². The summed E-state index contributed by atoms with van der Waals surface area (Å²) in [5, 5.41) is 2.44. The lowest BCUT2D eigenvalue weighted by Crippen LogP contribution is -2.18. The number of hydrogen-bond donors (Lipinski definition) is 1. The number of benzene rings is 1. The molecule has 0 unspecified atom stereocenters. The largest absolute Gasteiger partial charge is 0.321 e. The molecule has 2 aromatic rings. The number of amides is 1. The second-order valence-corrected chi connectivity index (χ2v) is 7.87. The first-order valence-electron chi connectivity index (χ1n) is 7.64. The topological polar surface area (TPSA) is 76.1 Å². The minimum atomic E-state index is -3.26. The maximum absolute atomic E-state index is 12.5. The SMILES string of the molecule is O=C(Nc1ccc(S(=O)(=O)C2CCCC2)cc1)c1ccccn1. The number of aromatic nitrogens is 1. The lowest BCUT2D eigenvalue weighted by molar-refractivity contribution is 0.102. The van der Waals surface area contributed by atoms with Crippen molar-refractivity contribution >= 4 is 21.4 Å². The van der Waals surface area contributed by atoms with Crippen molar-refractivity contribution in [3.05, 3.63) is 54.4 Å². The van der Waals surface area contributed by atoms with E-state index in [1.54, 1.807) is 48.7 Å². The van der Waals surface area contributed by atoms with E-state index in [4.69, 9.17) is 0 Å². The molecule has 0 aliphatic heterocycles. The van der Waals surface area contributed by atoms with Crippen molar-refractivity contribution in [2.45, 2.75) is 35.8 Å². The van der Waals surface area contributed by atoms with Crippen molar-refractivity contribution in [1.29, 1.82) is 0 Å². The quantitative estimate of drug-likeness (QED) is 0.935. The summed E-state index contributed by atoms with van der Waals surface area (Å²) in [7, 11) is -3.26. The Labute approximate surface area is 135 Å². The summed E-state index contributed by atoms with van der Waals surface area (Å²) in [5.74, 6) is -0.322. The molecule has 0 bridgehead atoms. The summed E-state index contributed by atoms with van der Waals surface area (Å²) in [4.78, 5) is 16.3. The van der Waals surface area contributed by atoms with Crippen molar-refractivity contribution < 1.29 is 13.2 Å². The molecule has 1 amide bonds. The lowest BCUT2D eigenvalue weighted by atomic mass is 10.3. The van der Waals surface area contributed by atoms with Crippen LogP contribution in [0, 0.1) is 0 Å². The molecule has 0 saturated heterocycles. The predicted molar refractivity (Wildman–Crippen MR) is 88.1 cm³/mol. The second-order valence-electron chi connectivity index (χ2n) is 5.64. The molecule has 0 spiro atoms. The highest BCUT2D eigenvalue weighted by molar-refractivity contribution is 7.92. The van der Waals surface area contributed by atoms with Crippen molar-refractivity contribution in [2.75, 3.05) is 5.32 Å². The highest BCUT2D eigenvalue weighted by Crippen LogP contribution is 2.30. The first-order chi connectivity index (χ1) is 11.1. The zero-order valence-corrected chi connectivity index (χ0v) is 13.4. The van der Waals surface area contributed by atoms with Crippen molar-refractivity contribution in [3.63, 3.8) is 0 Å². The average molecular weight is 330 g/mol. The van der Waals surface area contributed by atoms with Crippen LogP contribution in [0.15, 0.2) is 53.6 Å². The van der Waals surface area contributed by atoms with Gasteiger partial charge in [0.1, 0.15) is 5.69 Å². The Kier molecular flexibility index (Phi) is 4.43. The highest BCUT2D eigenvalue weighted by atomic mass is 32.2. The van der Waals surface area contributed by atoms with E-state index in [1.807, 2.05) is 0 Å². The third kappa shape index (κ3) is 3.42. The molecule has 1 saturated carbocycles. The van der Waals surface area contributed by atoms with Crippen LogP contribution in [0.5, 0.6) is 0 Å². The second kappa shape index (κ2) is 6.50. The summed E-state index contributed by atoms with van der Waals surface area (Å²) >= 11 is 0. The summed E-state index contributed by atoms with van der Waals surface area (Å²) in [6.45, 7) is 0. The molecule has 1 heterocycles. The number of pyridine rings is 1. The van der Waals surface area contributed by atoms with Crippen LogP contribution in [-0.2, 0) is 9.84 Å². The number of carbonyl (C=O) groups excluding carboxylic acids is 1. The summed E-state index contributed by atoms with van der Waals surface area (Å²) in [6.07, 6.45) is 4.97. The number of nitrogens with zero attached hydrogens (tertiary/aromatic N) is 1. The normalized spacial score (nSPS) is 15.5. The number of sulfone groups is 1. The zero-order valence-electron chi connectivity index (χ0n) is 12.6. The van der Waals surface area contributed by atoms with E-state index < -0.39 is 9.84 Å². The number of hydrogen-bond acceptors (Lipinski definition) is 4. The van der Waals surface area contributed by atoms with E-state index in [-0.39, 0.29) is 11.2 Å². The van der Waals surface area contributed by atoms with Crippen molar-refractivity contribution in [2.24, 2.45) is 0 Å². The maximum atomic E-state index is 12.5. The number of rotatable bonds is 4. The van der Waals surface area contributed by atoms with Crippen LogP contribution >= 0.6 is 0 Å². The molecule has 0 radical (unpaired) electrons. The van der Waals surface area contributed by atoms with Gasteiger partial charge in [-0.3, -0.25) is 9.78 Å². The maximum Gasteiger partial charge on any atom is 0.274 e. The Bertz CT molecular complexity index is 780. The van der Waals surface area contributed by atoms with E-state index in [1.165, 1.54) is 0 Å². The molecule has 1 N–H and O–H groups in total. The molecule has 120 valence electrons. The average Bonchev–Trinajstić information content (AvgIpc) is 3.11. The Balaban J connectivity index is 1.73. The van der Waals surface area contributed by atoms with Gasteiger partial charge in [-0.15, -0.1) is 0 Å². The zero-order chi connectivity index (χ0) is 16.3. The van der Waals surface area contributed by atoms with E-state index in [0.29, 0.717) is 16.3 Å². The van der Waals surface area contributed by atoms with Crippen LogP contribution in [0.2, 0.25) is 0 Å². The predicted octanol–water partition coefficient (Wildman–Crippen LogP) is 3.05. The number of anilines is 1. The lowest BCUT2D eigenvalue weighted by Gasteiger charge is -2.12. The molecule has 6 heteroatoms. The molecule has 1 aromatic heterocycles. The Morgan fingerprint density at radius 2 is 1.74 bits per heavy atom. The van der Waals surface area contributed by atoms with Crippen LogP contribution in [0.3, 0.4) is 0 Å². The van der Waals surface area contributed by atoms with Gasteiger partial charge in [-0.25, -0.2) is 8.42 Å². The van der Waals surface area contributed by atoms with Gasteiger partial charge in [-0.1, -0.05) is 18.9 Å². The van der Waals surface area contributed by atoms with Crippen LogP contribution in [0.25, 0.3) is 0 Å². The van der Waals surface area contributed by atoms with E-state index >= 15 is 0 Å². The number of carbonyl (C=O) groups is 1. The molecular weight excluding hydrogens is 312 g/mol. The van der Waals surface area contributed by atoms with Crippen molar-refractivity contribution in [1.82, 2.24) is 4.98 Å². The number of nitrogens with one attached hydrogen (secondary N) is 1. The summed E-state index contributed by atoms with van der Waals surface area (Å²) in [6, 6.07) is 11.4. The van der Waals surface area contributed by atoms with Gasteiger partial charge in [0.15, 0.2) is 9.84 Å². The first kappa shape index (κ1) is 15.7. The highest BCUT2D eigenvalue weighted by Gasteiger charge is 2.30. The minimum absolute atomic E-state index is 0.267. The van der Waals surface area contributed by atoms with Gasteiger partial charge in [0, 0.05) is 11.9 Å². The standard InChI is InChI=1S/C17H18N2O3S/c20-17(16-7-3-4-12-18-16)19-13-8-10-15(11-9-13)23(21,22)14-5-1-2-6-14/h3-4,7-12,14H,1-2,5-6H2,(H,19,20). The van der Waals surface area contributed by atoms with Crippen LogP contribution in [0.1, 0.15) is 36.2 Å². The van der Waals surface area contributed by atoms with Gasteiger partial charge in [0.05, 0.1) is 10.1 Å². The molecule has 23 heavy (non-hydrogen) atoms. The molecule has 5 nitrogen and oxygen atoms in total. The van der Waals surface area contributed by atoms with E-state index in [9.17, 15) is 13.2 Å². The summed E-state index contributed by atoms with van der Waals surface area (Å²) < 4.78 is 25.0. The monoisotopic (exact) mass is 330 g/mol. The van der Waals surface area contributed by atoms with E-state index in [0.717, 1.165) is 25.7 Å². The fourth-order valence-corrected chi connectivity index (χ4v) is 4.67. The fraction of sp³-hybridized carbons (Fsp3) is 0.294. The summed E-state index contributed by atoms with van der Waals surface area (Å²) in [5.41, 5.74) is 0.862. The minimum Gasteiger partial charge on any atom is -0.321 e. The fourth-order valence-electron chi connectivity index (χ4n) is 2.81. The molecule has 1 aromatic carbocycles. The smallest absolute Gasteiger partial charge is 0.274 e. The first-order valence-corrected chi connectivity index (χ1v) is 9.18. The molecule has 1 aliphatic rings. The molecule has 0 atom stereocenters. The van der Waals surface area contributed by atoms with Crippen molar-refractivity contribution in [3.8, 4) is 0 Å². The van der Waals surface area contributed by atoms with Gasteiger partial charge >= 0.3 is 0 Å². The van der Waals surface area contributed by atoms with Crippen LogP contribution in [0.4, 0.5) is 5.69 Å².